The van der Waals surface area contributed by atoms with Gasteiger partial charge in [-0.1, -0.05) is 13.0 Å². The number of hydrogen-bond acceptors (Lipinski definition) is 6. The van der Waals surface area contributed by atoms with Crippen LogP contribution in [-0.2, 0) is 19.4 Å². The molecule has 2 aromatic rings. The second-order valence-electron chi connectivity index (χ2n) is 6.98. The highest BCUT2D eigenvalue weighted by Crippen LogP contribution is 2.38. The molecule has 2 aromatic carbocycles. The Labute approximate surface area is 180 Å². The summed E-state index contributed by atoms with van der Waals surface area (Å²) < 4.78 is 30.7. The average molecular weight is 449 g/mol. The third kappa shape index (κ3) is 4.96. The Bertz CT molecular complexity index is 1080. The van der Waals surface area contributed by atoms with Gasteiger partial charge in [0.15, 0.2) is 9.84 Å². The highest BCUT2D eigenvalue weighted by atomic mass is 32.2. The molecule has 0 aromatic heterocycles. The lowest BCUT2D eigenvalue weighted by atomic mass is 10.2. The summed E-state index contributed by atoms with van der Waals surface area (Å²) in [5.41, 5.74) is 1.93. The molecule has 1 atom stereocenters. The number of ether oxygens (including phenoxy) is 1. The molecule has 0 saturated heterocycles. The summed E-state index contributed by atoms with van der Waals surface area (Å²) in [5, 5.41) is 5.30. The molecular weight excluding hydrogens is 424 g/mol. The summed E-state index contributed by atoms with van der Waals surface area (Å²) in [5.74, 6) is -0.388. The van der Waals surface area contributed by atoms with E-state index in [2.05, 4.69) is 10.6 Å². The number of rotatable bonds is 7. The second-order valence-corrected chi connectivity index (χ2v) is 10.3. The summed E-state index contributed by atoms with van der Waals surface area (Å²) >= 11 is 1.43. The number of fused-ring (bicyclic) bond motifs is 1. The Morgan fingerprint density at radius 1 is 1.23 bits per heavy atom. The van der Waals surface area contributed by atoms with Gasteiger partial charge in [-0.15, -0.1) is 11.8 Å². The lowest BCUT2D eigenvalue weighted by Gasteiger charge is -2.23. The van der Waals surface area contributed by atoms with Gasteiger partial charge in [0.05, 0.1) is 34.4 Å². The Morgan fingerprint density at radius 2 is 2.00 bits per heavy atom. The van der Waals surface area contributed by atoms with E-state index in [4.69, 9.17) is 4.74 Å². The first-order valence-corrected chi connectivity index (χ1v) is 12.1. The van der Waals surface area contributed by atoms with Gasteiger partial charge in [0.1, 0.15) is 5.75 Å². The number of aryl methyl sites for hydroxylation is 1. The molecule has 7 nitrogen and oxygen atoms in total. The van der Waals surface area contributed by atoms with E-state index in [9.17, 15) is 18.0 Å². The number of amides is 2. The number of hydrogen-bond donors (Lipinski definition) is 2. The molecule has 0 unspecified atom stereocenters. The van der Waals surface area contributed by atoms with Gasteiger partial charge < -0.3 is 15.4 Å². The largest absolute Gasteiger partial charge is 0.495 e. The van der Waals surface area contributed by atoms with Crippen molar-refractivity contribution in [2.24, 2.45) is 0 Å². The molecule has 0 bridgehead atoms. The van der Waals surface area contributed by atoms with Crippen LogP contribution in [0.25, 0.3) is 0 Å². The van der Waals surface area contributed by atoms with Crippen LogP contribution in [-0.4, -0.2) is 38.3 Å². The molecule has 0 fully saturated rings. The normalized spacial score (nSPS) is 15.8. The molecular formula is C21H24N2O5S2. The SMILES string of the molecule is CC[C@H]1Sc2ccc(S(=O)(=O)CCC(=O)Nc3cc(C)ccc3OC)cc2NC1=O. The Morgan fingerprint density at radius 3 is 2.70 bits per heavy atom. The predicted octanol–water partition coefficient (Wildman–Crippen LogP) is 3.63. The number of anilines is 2. The molecule has 0 radical (unpaired) electrons. The van der Waals surface area contributed by atoms with Crippen LogP contribution in [0.3, 0.4) is 0 Å². The average Bonchev–Trinajstić information content (AvgIpc) is 2.71. The second kappa shape index (κ2) is 9.09. The maximum atomic E-state index is 12.7. The highest BCUT2D eigenvalue weighted by Gasteiger charge is 2.27. The summed E-state index contributed by atoms with van der Waals surface area (Å²) in [6.07, 6.45) is 0.492. The first-order valence-electron chi connectivity index (χ1n) is 9.52. The number of carbonyl (C=O) groups excluding carboxylic acids is 2. The molecule has 1 heterocycles. The van der Waals surface area contributed by atoms with E-state index in [1.807, 2.05) is 19.9 Å². The fourth-order valence-corrected chi connectivity index (χ4v) is 5.35. The smallest absolute Gasteiger partial charge is 0.237 e. The standard InChI is InChI=1S/C21H24N2O5S2/c1-4-18-21(25)23-16-12-14(6-8-19(16)29-18)30(26,27)10-9-20(24)22-15-11-13(2)5-7-17(15)28-3/h5-8,11-12,18H,4,9-10H2,1-3H3,(H,22,24)(H,23,25)/t18-/m1/s1. The van der Waals surface area contributed by atoms with Crippen LogP contribution in [0.1, 0.15) is 25.3 Å². The predicted molar refractivity (Wildman–Crippen MR) is 118 cm³/mol. The molecule has 9 heteroatoms. The summed E-state index contributed by atoms with van der Waals surface area (Å²) in [4.78, 5) is 25.3. The van der Waals surface area contributed by atoms with Crippen molar-refractivity contribution in [2.45, 2.75) is 41.7 Å². The maximum absolute atomic E-state index is 12.7. The van der Waals surface area contributed by atoms with Crippen molar-refractivity contribution in [3.05, 3.63) is 42.0 Å². The fourth-order valence-electron chi connectivity index (χ4n) is 3.07. The van der Waals surface area contributed by atoms with E-state index in [1.54, 1.807) is 18.2 Å². The molecule has 2 amide bonds. The van der Waals surface area contributed by atoms with E-state index in [-0.39, 0.29) is 28.2 Å². The van der Waals surface area contributed by atoms with Crippen molar-refractivity contribution in [3.8, 4) is 5.75 Å². The molecule has 0 saturated carbocycles. The number of nitrogens with one attached hydrogen (secondary N) is 2. The monoisotopic (exact) mass is 448 g/mol. The zero-order chi connectivity index (χ0) is 21.9. The summed E-state index contributed by atoms with van der Waals surface area (Å²) in [6.45, 7) is 3.81. The fraction of sp³-hybridized carbons (Fsp3) is 0.333. The number of benzene rings is 2. The van der Waals surface area contributed by atoms with E-state index < -0.39 is 15.7 Å². The minimum Gasteiger partial charge on any atom is -0.495 e. The number of carbonyl (C=O) groups is 2. The van der Waals surface area contributed by atoms with Crippen LogP contribution in [0.2, 0.25) is 0 Å². The maximum Gasteiger partial charge on any atom is 0.237 e. The van der Waals surface area contributed by atoms with E-state index in [0.717, 1.165) is 10.5 Å². The summed E-state index contributed by atoms with van der Waals surface area (Å²) in [7, 11) is -2.19. The van der Waals surface area contributed by atoms with Crippen LogP contribution < -0.4 is 15.4 Å². The first kappa shape index (κ1) is 22.2. The van der Waals surface area contributed by atoms with Gasteiger partial charge in [-0.3, -0.25) is 9.59 Å². The van der Waals surface area contributed by atoms with Crippen molar-refractivity contribution >= 4 is 44.8 Å². The molecule has 3 rings (SSSR count). The van der Waals surface area contributed by atoms with Crippen molar-refractivity contribution in [3.63, 3.8) is 0 Å². The molecule has 0 spiro atoms. The van der Waals surface area contributed by atoms with Crippen LogP contribution >= 0.6 is 11.8 Å². The Hall–Kier alpha value is -2.52. The Kier molecular flexibility index (Phi) is 6.72. The molecule has 0 aliphatic carbocycles. The van der Waals surface area contributed by atoms with E-state index in [0.29, 0.717) is 23.5 Å². The van der Waals surface area contributed by atoms with Crippen molar-refractivity contribution in [1.29, 1.82) is 0 Å². The number of thioether (sulfide) groups is 1. The van der Waals surface area contributed by atoms with Gasteiger partial charge in [-0.05, 0) is 49.2 Å². The number of methoxy groups -OCH3 is 1. The molecule has 1 aliphatic rings. The number of sulfone groups is 1. The van der Waals surface area contributed by atoms with Crippen LogP contribution in [0.5, 0.6) is 5.75 Å². The molecule has 160 valence electrons. The lowest BCUT2D eigenvalue weighted by molar-refractivity contribution is -0.116. The third-order valence-corrected chi connectivity index (χ3v) is 7.88. The minimum atomic E-state index is -3.69. The van der Waals surface area contributed by atoms with Crippen molar-refractivity contribution < 1.29 is 22.7 Å². The van der Waals surface area contributed by atoms with Crippen LogP contribution in [0, 0.1) is 6.92 Å². The first-order chi connectivity index (χ1) is 14.2. The third-order valence-electron chi connectivity index (χ3n) is 4.73. The zero-order valence-corrected chi connectivity index (χ0v) is 18.7. The topological polar surface area (TPSA) is 102 Å². The van der Waals surface area contributed by atoms with Crippen LogP contribution in [0.4, 0.5) is 11.4 Å². The van der Waals surface area contributed by atoms with Gasteiger partial charge in [0, 0.05) is 11.3 Å². The Balaban J connectivity index is 1.69. The van der Waals surface area contributed by atoms with E-state index >= 15 is 0 Å². The van der Waals surface area contributed by atoms with Crippen LogP contribution in [0.15, 0.2) is 46.2 Å². The lowest BCUT2D eigenvalue weighted by Crippen LogP contribution is -2.28. The van der Waals surface area contributed by atoms with Gasteiger partial charge in [-0.2, -0.15) is 0 Å². The van der Waals surface area contributed by atoms with E-state index in [1.165, 1.54) is 31.0 Å². The van der Waals surface area contributed by atoms with Gasteiger partial charge in [0.25, 0.3) is 0 Å². The molecule has 1 aliphatic heterocycles. The molecule has 2 N–H and O–H groups in total. The van der Waals surface area contributed by atoms with Crippen molar-refractivity contribution in [2.75, 3.05) is 23.5 Å². The summed E-state index contributed by atoms with van der Waals surface area (Å²) in [6, 6.07) is 10.0. The quantitative estimate of drug-likeness (QED) is 0.671. The van der Waals surface area contributed by atoms with Gasteiger partial charge in [-0.25, -0.2) is 8.42 Å². The highest BCUT2D eigenvalue weighted by molar-refractivity contribution is 8.01. The minimum absolute atomic E-state index is 0.0815. The van der Waals surface area contributed by atoms with Gasteiger partial charge in [0.2, 0.25) is 11.8 Å². The molecule has 30 heavy (non-hydrogen) atoms. The van der Waals surface area contributed by atoms with Gasteiger partial charge >= 0.3 is 0 Å². The van der Waals surface area contributed by atoms with Crippen molar-refractivity contribution in [1.82, 2.24) is 0 Å². The zero-order valence-electron chi connectivity index (χ0n) is 17.0.